The zero-order chi connectivity index (χ0) is 28.1. The predicted octanol–water partition coefficient (Wildman–Crippen LogP) is 5.96. The highest BCUT2D eigenvalue weighted by Gasteiger charge is 2.64. The molecular formula is C36H37NO5. The van der Waals surface area contributed by atoms with Gasteiger partial charge in [-0.3, -0.25) is 4.84 Å². The molecular weight excluding hydrogens is 526 g/mol. The van der Waals surface area contributed by atoms with E-state index in [-0.39, 0.29) is 42.5 Å². The molecule has 1 aliphatic carbocycles. The molecule has 2 aliphatic heterocycles. The van der Waals surface area contributed by atoms with Gasteiger partial charge in [0.1, 0.15) is 24.4 Å². The third kappa shape index (κ3) is 5.92. The highest BCUT2D eigenvalue weighted by atomic mass is 16.7. The molecule has 7 rings (SSSR count). The van der Waals surface area contributed by atoms with E-state index in [1.54, 1.807) is 0 Å². The van der Waals surface area contributed by atoms with E-state index in [0.29, 0.717) is 33.0 Å². The van der Waals surface area contributed by atoms with Gasteiger partial charge in [0.15, 0.2) is 0 Å². The van der Waals surface area contributed by atoms with Crippen LogP contribution in [0, 0.1) is 5.92 Å². The number of hydroxylamine groups is 2. The van der Waals surface area contributed by atoms with Gasteiger partial charge in [0.05, 0.1) is 38.6 Å². The van der Waals surface area contributed by atoms with Gasteiger partial charge < -0.3 is 18.9 Å². The molecule has 6 heteroatoms. The van der Waals surface area contributed by atoms with Crippen molar-refractivity contribution in [2.24, 2.45) is 5.92 Å². The largest absolute Gasteiger partial charge is 0.373 e. The zero-order valence-corrected chi connectivity index (χ0v) is 23.6. The van der Waals surface area contributed by atoms with E-state index < -0.39 is 0 Å². The minimum absolute atomic E-state index is 0.104. The normalized spacial score (nSPS) is 28.5. The minimum atomic E-state index is -0.390. The summed E-state index contributed by atoms with van der Waals surface area (Å²) in [7, 11) is 0. The van der Waals surface area contributed by atoms with E-state index in [9.17, 15) is 0 Å². The van der Waals surface area contributed by atoms with Crippen LogP contribution in [0.1, 0.15) is 22.3 Å². The molecule has 1 saturated carbocycles. The highest BCUT2D eigenvalue weighted by molar-refractivity contribution is 5.19. The lowest BCUT2D eigenvalue weighted by molar-refractivity contribution is -0.276. The summed E-state index contributed by atoms with van der Waals surface area (Å²) in [6.07, 6.45) is -1.43. The van der Waals surface area contributed by atoms with Crippen molar-refractivity contribution in [1.29, 1.82) is 0 Å². The summed E-state index contributed by atoms with van der Waals surface area (Å²) in [5, 5.41) is 2.11. The molecule has 7 atom stereocenters. The molecule has 4 aromatic carbocycles. The van der Waals surface area contributed by atoms with Gasteiger partial charge >= 0.3 is 0 Å². The molecule has 0 amide bonds. The van der Waals surface area contributed by atoms with Crippen LogP contribution in [0.5, 0.6) is 0 Å². The van der Waals surface area contributed by atoms with Crippen LogP contribution < -0.4 is 0 Å². The second kappa shape index (κ2) is 12.9. The smallest absolute Gasteiger partial charge is 0.115 e. The number of rotatable bonds is 11. The molecule has 42 heavy (non-hydrogen) atoms. The highest BCUT2D eigenvalue weighted by Crippen LogP contribution is 2.47. The monoisotopic (exact) mass is 563 g/mol. The van der Waals surface area contributed by atoms with Crippen molar-refractivity contribution < 1.29 is 23.8 Å². The average Bonchev–Trinajstić information content (AvgIpc) is 3.64. The van der Waals surface area contributed by atoms with Gasteiger partial charge in [-0.1, -0.05) is 121 Å². The first-order valence-corrected chi connectivity index (χ1v) is 14.9. The number of hydrogen-bond acceptors (Lipinski definition) is 6. The Bertz CT molecular complexity index is 1390. The Kier molecular flexibility index (Phi) is 8.42. The molecule has 216 valence electrons. The molecule has 4 aromatic rings. The Morgan fingerprint density at radius 2 is 0.952 bits per heavy atom. The first kappa shape index (κ1) is 27.5. The third-order valence-corrected chi connectivity index (χ3v) is 8.62. The molecule has 0 radical (unpaired) electrons. The van der Waals surface area contributed by atoms with Crippen LogP contribution in [-0.4, -0.2) is 48.2 Å². The van der Waals surface area contributed by atoms with Gasteiger partial charge in [-0.15, -0.1) is 0 Å². The SMILES string of the molecule is c1ccc(CO[C@@H]2[C@@H](OCc3ccccc3)[C@@H]3ON(Cc4ccccc4)[C@@H]4CO[C@H]([C@H]2OCc2ccccc2)[C@H]34)cc1. The Hall–Kier alpha value is -3.36. The van der Waals surface area contributed by atoms with Gasteiger partial charge in [0.2, 0.25) is 0 Å². The maximum Gasteiger partial charge on any atom is 0.115 e. The van der Waals surface area contributed by atoms with Crippen molar-refractivity contribution in [2.75, 3.05) is 6.61 Å². The average molecular weight is 564 g/mol. The lowest BCUT2D eigenvalue weighted by Gasteiger charge is -2.45. The van der Waals surface area contributed by atoms with Crippen LogP contribution in [0.25, 0.3) is 0 Å². The van der Waals surface area contributed by atoms with Crippen molar-refractivity contribution in [3.05, 3.63) is 144 Å². The quantitative estimate of drug-likeness (QED) is 0.225. The fraction of sp³-hybridized carbons (Fsp3) is 0.333. The minimum Gasteiger partial charge on any atom is -0.373 e. The van der Waals surface area contributed by atoms with Crippen LogP contribution in [0.4, 0.5) is 0 Å². The Balaban J connectivity index is 1.20. The summed E-state index contributed by atoms with van der Waals surface area (Å²) in [6.45, 7) is 2.65. The van der Waals surface area contributed by atoms with E-state index in [0.717, 1.165) is 16.7 Å². The fourth-order valence-corrected chi connectivity index (χ4v) is 6.58. The summed E-state index contributed by atoms with van der Waals surface area (Å²) in [5.74, 6) is 0.104. The van der Waals surface area contributed by atoms with E-state index >= 15 is 0 Å². The third-order valence-electron chi connectivity index (χ3n) is 8.62. The Morgan fingerprint density at radius 1 is 0.524 bits per heavy atom. The predicted molar refractivity (Wildman–Crippen MR) is 159 cm³/mol. The van der Waals surface area contributed by atoms with Gasteiger partial charge in [0.25, 0.3) is 0 Å². The first-order valence-electron chi connectivity index (χ1n) is 14.9. The first-order chi connectivity index (χ1) is 20.8. The van der Waals surface area contributed by atoms with Crippen LogP contribution in [-0.2, 0) is 50.2 Å². The molecule has 0 bridgehead atoms. The molecule has 2 saturated heterocycles. The van der Waals surface area contributed by atoms with Gasteiger partial charge in [0, 0.05) is 12.5 Å². The molecule has 3 aliphatic rings. The van der Waals surface area contributed by atoms with Gasteiger partial charge in [-0.2, -0.15) is 5.06 Å². The van der Waals surface area contributed by atoms with E-state index in [1.807, 2.05) is 60.7 Å². The van der Waals surface area contributed by atoms with Crippen molar-refractivity contribution in [2.45, 2.75) is 62.9 Å². The van der Waals surface area contributed by atoms with Crippen LogP contribution in [0.15, 0.2) is 121 Å². The summed E-state index contributed by atoms with van der Waals surface area (Å²) in [6, 6.07) is 41.4. The van der Waals surface area contributed by atoms with Crippen molar-refractivity contribution >= 4 is 0 Å². The Morgan fingerprint density at radius 3 is 1.45 bits per heavy atom. The topological polar surface area (TPSA) is 49.4 Å². The standard InChI is InChI=1S/C36H37NO5/c1-5-13-26(14-6-1)21-37-30-25-41-32-31(30)33(42-37)35(39-23-28-17-9-3-10-18-28)36(40-24-29-19-11-4-12-20-29)34(32)38-22-27-15-7-2-8-16-27/h1-20,30-36H,21-25H2/t30-,31-,32+,33-,34-,35+,36+/m1/s1. The van der Waals surface area contributed by atoms with Crippen LogP contribution >= 0.6 is 0 Å². The molecule has 0 unspecified atom stereocenters. The van der Waals surface area contributed by atoms with Gasteiger partial charge in [-0.25, -0.2) is 0 Å². The Labute approximate surface area is 247 Å². The van der Waals surface area contributed by atoms with Gasteiger partial charge in [-0.05, 0) is 22.3 Å². The number of nitrogens with zero attached hydrogens (tertiary/aromatic N) is 1. The van der Waals surface area contributed by atoms with E-state index in [2.05, 4.69) is 65.7 Å². The maximum atomic E-state index is 6.79. The van der Waals surface area contributed by atoms with Crippen molar-refractivity contribution in [3.8, 4) is 0 Å². The number of ether oxygens (including phenoxy) is 4. The number of hydrogen-bond donors (Lipinski definition) is 0. The second-order valence-corrected chi connectivity index (χ2v) is 11.4. The van der Waals surface area contributed by atoms with Crippen molar-refractivity contribution in [3.63, 3.8) is 0 Å². The van der Waals surface area contributed by atoms with Crippen LogP contribution in [0.2, 0.25) is 0 Å². The lowest BCUT2D eigenvalue weighted by Crippen LogP contribution is -2.62. The molecule has 3 fully saturated rings. The maximum absolute atomic E-state index is 6.79. The summed E-state index contributed by atoms with van der Waals surface area (Å²) in [4.78, 5) is 6.79. The molecule has 0 N–H and O–H groups in total. The summed E-state index contributed by atoms with van der Waals surface area (Å²) < 4.78 is 26.8. The fourth-order valence-electron chi connectivity index (χ4n) is 6.58. The second-order valence-electron chi connectivity index (χ2n) is 11.4. The van der Waals surface area contributed by atoms with Crippen molar-refractivity contribution in [1.82, 2.24) is 5.06 Å². The lowest BCUT2D eigenvalue weighted by atomic mass is 9.76. The molecule has 0 spiro atoms. The number of benzene rings is 4. The molecule has 2 heterocycles. The van der Waals surface area contributed by atoms with Crippen LogP contribution in [0.3, 0.4) is 0 Å². The zero-order valence-electron chi connectivity index (χ0n) is 23.6. The molecule has 0 aromatic heterocycles. The summed E-state index contributed by atoms with van der Waals surface area (Å²) >= 11 is 0. The van der Waals surface area contributed by atoms with E-state index in [1.165, 1.54) is 5.56 Å². The van der Waals surface area contributed by atoms with E-state index in [4.69, 9.17) is 23.8 Å². The summed E-state index contributed by atoms with van der Waals surface area (Å²) in [5.41, 5.74) is 4.54. The molecule has 6 nitrogen and oxygen atoms in total.